The Hall–Kier alpha value is -1.16. The van der Waals surface area contributed by atoms with Gasteiger partial charge in [-0.25, -0.2) is 9.97 Å². The van der Waals surface area contributed by atoms with Crippen LogP contribution in [0.5, 0.6) is 0 Å². The first-order chi connectivity index (χ1) is 9.86. The molecule has 1 aliphatic carbocycles. The van der Waals surface area contributed by atoms with E-state index >= 15 is 0 Å². The summed E-state index contributed by atoms with van der Waals surface area (Å²) in [6.45, 7) is 5.95. The maximum absolute atomic E-state index is 4.51. The number of hydrogen-bond donors (Lipinski definition) is 1. The number of aromatic nitrogens is 2. The lowest BCUT2D eigenvalue weighted by atomic mass is 9.96. The summed E-state index contributed by atoms with van der Waals surface area (Å²) in [5.41, 5.74) is 2.66. The Morgan fingerprint density at radius 1 is 1.20 bits per heavy atom. The fourth-order valence-electron chi connectivity index (χ4n) is 3.46. The molecule has 1 aliphatic heterocycles. The molecule has 3 rings (SSSR count). The number of nitrogens with zero attached hydrogens (tertiary/aromatic N) is 3. The third-order valence-electron chi connectivity index (χ3n) is 4.59. The molecule has 4 heteroatoms. The van der Waals surface area contributed by atoms with Gasteiger partial charge in [0.25, 0.3) is 0 Å². The van der Waals surface area contributed by atoms with Gasteiger partial charge < -0.3 is 10.2 Å². The molecule has 2 heterocycles. The molecular formula is C16H26N4. The van der Waals surface area contributed by atoms with E-state index in [2.05, 4.69) is 27.1 Å². The molecule has 4 nitrogen and oxygen atoms in total. The smallest absolute Gasteiger partial charge is 0.133 e. The summed E-state index contributed by atoms with van der Waals surface area (Å²) in [6.07, 6.45) is 10.3. The topological polar surface area (TPSA) is 41.0 Å². The fourth-order valence-corrected chi connectivity index (χ4v) is 3.46. The van der Waals surface area contributed by atoms with Gasteiger partial charge in [0.15, 0.2) is 0 Å². The molecule has 110 valence electrons. The second kappa shape index (κ2) is 6.53. The summed E-state index contributed by atoms with van der Waals surface area (Å²) in [6, 6.07) is 0.587. The van der Waals surface area contributed by atoms with Gasteiger partial charge in [0, 0.05) is 30.4 Å². The molecule has 20 heavy (non-hydrogen) atoms. The highest BCUT2D eigenvalue weighted by Gasteiger charge is 2.21. The van der Waals surface area contributed by atoms with Gasteiger partial charge in [-0.3, -0.25) is 0 Å². The molecule has 1 saturated heterocycles. The number of piperidine rings is 1. The van der Waals surface area contributed by atoms with Gasteiger partial charge in [-0.15, -0.1) is 0 Å². The quantitative estimate of drug-likeness (QED) is 0.916. The zero-order chi connectivity index (χ0) is 13.8. The van der Waals surface area contributed by atoms with Crippen molar-refractivity contribution in [2.24, 2.45) is 0 Å². The Labute approximate surface area is 122 Å². The van der Waals surface area contributed by atoms with E-state index in [4.69, 9.17) is 0 Å². The molecule has 0 unspecified atom stereocenters. The SMILES string of the molecule is CCCN1CCC(Nc2ncnc3c2CCCC3)CC1. The average Bonchev–Trinajstić information content (AvgIpc) is 2.50. The Balaban J connectivity index is 1.61. The molecule has 1 N–H and O–H groups in total. The number of rotatable bonds is 4. The van der Waals surface area contributed by atoms with Crippen molar-refractivity contribution in [2.75, 3.05) is 25.0 Å². The van der Waals surface area contributed by atoms with E-state index < -0.39 is 0 Å². The lowest BCUT2D eigenvalue weighted by molar-refractivity contribution is 0.219. The van der Waals surface area contributed by atoms with Crippen LogP contribution in [0, 0.1) is 0 Å². The highest BCUT2D eigenvalue weighted by atomic mass is 15.1. The molecule has 0 spiro atoms. The van der Waals surface area contributed by atoms with Gasteiger partial charge in [0.05, 0.1) is 0 Å². The molecule has 2 aliphatic rings. The van der Waals surface area contributed by atoms with Crippen LogP contribution in [0.4, 0.5) is 5.82 Å². The van der Waals surface area contributed by atoms with E-state index in [1.54, 1.807) is 6.33 Å². The van der Waals surface area contributed by atoms with Crippen LogP contribution in [-0.2, 0) is 12.8 Å². The third-order valence-corrected chi connectivity index (χ3v) is 4.59. The van der Waals surface area contributed by atoms with Crippen LogP contribution in [0.15, 0.2) is 6.33 Å². The molecule has 0 bridgehead atoms. The second-order valence-corrected chi connectivity index (χ2v) is 6.11. The number of nitrogens with one attached hydrogen (secondary N) is 1. The molecule has 0 radical (unpaired) electrons. The standard InChI is InChI=1S/C16H26N4/c1-2-9-20-10-7-13(8-11-20)19-16-14-5-3-4-6-15(14)17-12-18-16/h12-13H,2-11H2,1H3,(H,17,18,19). The van der Waals surface area contributed by atoms with Crippen molar-refractivity contribution >= 4 is 5.82 Å². The number of anilines is 1. The molecule has 1 aromatic rings. The van der Waals surface area contributed by atoms with E-state index in [1.807, 2.05) is 0 Å². The third kappa shape index (κ3) is 3.11. The van der Waals surface area contributed by atoms with Crippen LogP contribution >= 0.6 is 0 Å². The van der Waals surface area contributed by atoms with E-state index in [-0.39, 0.29) is 0 Å². The monoisotopic (exact) mass is 274 g/mol. The normalized spacial score (nSPS) is 20.6. The van der Waals surface area contributed by atoms with Gasteiger partial charge in [-0.05, 0) is 51.5 Å². The first-order valence-electron chi connectivity index (χ1n) is 8.18. The molecule has 0 amide bonds. The maximum atomic E-state index is 4.51. The summed E-state index contributed by atoms with van der Waals surface area (Å²) < 4.78 is 0. The molecule has 0 aromatic carbocycles. The van der Waals surface area contributed by atoms with Crippen LogP contribution < -0.4 is 5.32 Å². The van der Waals surface area contributed by atoms with Gasteiger partial charge in [0.2, 0.25) is 0 Å². The zero-order valence-corrected chi connectivity index (χ0v) is 12.6. The summed E-state index contributed by atoms with van der Waals surface area (Å²) in [5.74, 6) is 1.11. The fraction of sp³-hybridized carbons (Fsp3) is 0.750. The molecule has 0 atom stereocenters. The van der Waals surface area contributed by atoms with Gasteiger partial charge in [-0.1, -0.05) is 6.92 Å². The van der Waals surface area contributed by atoms with E-state index in [0.29, 0.717) is 6.04 Å². The minimum Gasteiger partial charge on any atom is -0.367 e. The van der Waals surface area contributed by atoms with Gasteiger partial charge in [0.1, 0.15) is 12.1 Å². The lowest BCUT2D eigenvalue weighted by Crippen LogP contribution is -2.39. The van der Waals surface area contributed by atoms with Gasteiger partial charge in [-0.2, -0.15) is 0 Å². The summed E-state index contributed by atoms with van der Waals surface area (Å²) in [7, 11) is 0. The number of hydrogen-bond acceptors (Lipinski definition) is 4. The van der Waals surface area contributed by atoms with Crippen LogP contribution in [-0.4, -0.2) is 40.5 Å². The lowest BCUT2D eigenvalue weighted by Gasteiger charge is -2.33. The van der Waals surface area contributed by atoms with Crippen LogP contribution in [0.3, 0.4) is 0 Å². The second-order valence-electron chi connectivity index (χ2n) is 6.11. The van der Waals surface area contributed by atoms with E-state index in [0.717, 1.165) is 18.7 Å². The van der Waals surface area contributed by atoms with Crippen LogP contribution in [0.1, 0.15) is 50.3 Å². The van der Waals surface area contributed by atoms with E-state index in [1.165, 1.54) is 63.0 Å². The van der Waals surface area contributed by atoms with Crippen molar-refractivity contribution in [3.05, 3.63) is 17.6 Å². The maximum Gasteiger partial charge on any atom is 0.133 e. The van der Waals surface area contributed by atoms with Crippen LogP contribution in [0.2, 0.25) is 0 Å². The highest BCUT2D eigenvalue weighted by Crippen LogP contribution is 2.26. The highest BCUT2D eigenvalue weighted by molar-refractivity contribution is 5.47. The number of likely N-dealkylation sites (tertiary alicyclic amines) is 1. The average molecular weight is 274 g/mol. The summed E-state index contributed by atoms with van der Waals surface area (Å²) >= 11 is 0. The zero-order valence-electron chi connectivity index (χ0n) is 12.6. The Morgan fingerprint density at radius 3 is 2.80 bits per heavy atom. The minimum absolute atomic E-state index is 0.587. The first kappa shape index (κ1) is 13.8. The Kier molecular flexibility index (Phi) is 4.51. The predicted molar refractivity (Wildman–Crippen MR) is 82.0 cm³/mol. The van der Waals surface area contributed by atoms with Crippen molar-refractivity contribution in [3.8, 4) is 0 Å². The first-order valence-corrected chi connectivity index (χ1v) is 8.18. The van der Waals surface area contributed by atoms with Crippen molar-refractivity contribution in [1.29, 1.82) is 0 Å². The Bertz CT molecular complexity index is 438. The molecule has 1 fully saturated rings. The van der Waals surface area contributed by atoms with Crippen molar-refractivity contribution in [3.63, 3.8) is 0 Å². The summed E-state index contributed by atoms with van der Waals surface area (Å²) in [5, 5.41) is 3.69. The van der Waals surface area contributed by atoms with E-state index in [9.17, 15) is 0 Å². The van der Waals surface area contributed by atoms with Crippen molar-refractivity contribution in [1.82, 2.24) is 14.9 Å². The van der Waals surface area contributed by atoms with Gasteiger partial charge >= 0.3 is 0 Å². The number of fused-ring (bicyclic) bond motifs is 1. The summed E-state index contributed by atoms with van der Waals surface area (Å²) in [4.78, 5) is 11.5. The van der Waals surface area contributed by atoms with Crippen molar-refractivity contribution in [2.45, 2.75) is 57.9 Å². The van der Waals surface area contributed by atoms with Crippen LogP contribution in [0.25, 0.3) is 0 Å². The minimum atomic E-state index is 0.587. The molecule has 1 aromatic heterocycles. The molecular weight excluding hydrogens is 248 g/mol. The predicted octanol–water partition coefficient (Wildman–Crippen LogP) is 2.64. The molecule has 0 saturated carbocycles. The Morgan fingerprint density at radius 2 is 2.00 bits per heavy atom. The van der Waals surface area contributed by atoms with Crippen molar-refractivity contribution < 1.29 is 0 Å². The largest absolute Gasteiger partial charge is 0.367 e. The number of aryl methyl sites for hydroxylation is 1.